The van der Waals surface area contributed by atoms with Gasteiger partial charge in [-0.25, -0.2) is 0 Å². The second kappa shape index (κ2) is 7.85. The highest BCUT2D eigenvalue weighted by Crippen LogP contribution is 2.52. The van der Waals surface area contributed by atoms with Crippen LogP contribution in [-0.2, 0) is 16.2 Å². The highest BCUT2D eigenvalue weighted by molar-refractivity contribution is 6.30. The van der Waals surface area contributed by atoms with E-state index < -0.39 is 0 Å². The van der Waals surface area contributed by atoms with Gasteiger partial charge in [0.1, 0.15) is 12.4 Å². The Labute approximate surface area is 196 Å². The molecular weight excluding hydrogens is 436 g/mol. The second-order valence-electron chi connectivity index (χ2n) is 8.85. The van der Waals surface area contributed by atoms with E-state index in [0.29, 0.717) is 17.4 Å². The number of nitrogens with zero attached hydrogens (tertiary/aromatic N) is 2. The number of halogens is 1. The van der Waals surface area contributed by atoms with E-state index in [4.69, 9.17) is 16.3 Å². The third-order valence-corrected chi connectivity index (χ3v) is 7.24. The lowest BCUT2D eigenvalue weighted by atomic mass is 9.85. The molecule has 4 atom stereocenters. The zero-order valence-electron chi connectivity index (χ0n) is 17.7. The summed E-state index contributed by atoms with van der Waals surface area (Å²) in [5, 5.41) is 8.11. The number of amides is 2. The Hall–Kier alpha value is -3.44. The molecule has 0 radical (unpaired) electrons. The molecule has 1 saturated carbocycles. The number of rotatable bonds is 5. The van der Waals surface area contributed by atoms with Gasteiger partial charge < -0.3 is 4.74 Å². The molecule has 2 bridgehead atoms. The number of hydrogen-bond donors (Lipinski definition) is 0. The van der Waals surface area contributed by atoms with Gasteiger partial charge in [-0.3, -0.25) is 9.59 Å². The van der Waals surface area contributed by atoms with Crippen molar-refractivity contribution in [2.24, 2.45) is 28.8 Å². The number of ether oxygens (including phenoxy) is 1. The molecule has 6 rings (SSSR count). The van der Waals surface area contributed by atoms with Gasteiger partial charge in [-0.2, -0.15) is 10.1 Å². The maximum Gasteiger partial charge on any atom is 0.254 e. The van der Waals surface area contributed by atoms with E-state index in [1.165, 1.54) is 0 Å². The van der Waals surface area contributed by atoms with Crippen LogP contribution in [0.3, 0.4) is 0 Å². The Morgan fingerprint density at radius 3 is 2.36 bits per heavy atom. The molecule has 0 aromatic heterocycles. The Morgan fingerprint density at radius 2 is 1.64 bits per heavy atom. The van der Waals surface area contributed by atoms with Crippen LogP contribution in [0, 0.1) is 23.7 Å². The molecule has 3 aromatic rings. The van der Waals surface area contributed by atoms with Gasteiger partial charge >= 0.3 is 0 Å². The minimum Gasteiger partial charge on any atom is -0.488 e. The molecule has 2 fully saturated rings. The van der Waals surface area contributed by atoms with E-state index in [2.05, 4.69) is 17.3 Å². The maximum absolute atomic E-state index is 13.0. The summed E-state index contributed by atoms with van der Waals surface area (Å²) in [6.45, 7) is 0.358. The number of carbonyl (C=O) groups is 2. The molecule has 0 N–H and O–H groups in total. The lowest BCUT2D eigenvalue weighted by Gasteiger charge is -2.14. The summed E-state index contributed by atoms with van der Waals surface area (Å²) in [5.74, 6) is 0.0351. The summed E-state index contributed by atoms with van der Waals surface area (Å²) in [7, 11) is 0. The number of carbonyl (C=O) groups excluding carboxylic acids is 2. The number of benzene rings is 3. The van der Waals surface area contributed by atoms with E-state index in [-0.39, 0.29) is 35.5 Å². The van der Waals surface area contributed by atoms with Crippen LogP contribution in [0.15, 0.2) is 77.9 Å². The number of imide groups is 1. The maximum atomic E-state index is 13.0. The molecule has 1 aliphatic heterocycles. The highest BCUT2D eigenvalue weighted by atomic mass is 35.5. The predicted molar refractivity (Wildman–Crippen MR) is 127 cm³/mol. The predicted octanol–water partition coefficient (Wildman–Crippen LogP) is 5.21. The molecule has 33 heavy (non-hydrogen) atoms. The first-order valence-electron chi connectivity index (χ1n) is 11.1. The monoisotopic (exact) mass is 456 g/mol. The second-order valence-corrected chi connectivity index (χ2v) is 9.28. The fraction of sp³-hybridized carbons (Fsp3) is 0.222. The molecule has 1 heterocycles. The molecule has 164 valence electrons. The molecule has 6 heteroatoms. The van der Waals surface area contributed by atoms with Crippen molar-refractivity contribution in [3.63, 3.8) is 0 Å². The zero-order chi connectivity index (χ0) is 22.5. The molecule has 2 amide bonds. The van der Waals surface area contributed by atoms with Gasteiger partial charge in [0.15, 0.2) is 0 Å². The first-order valence-corrected chi connectivity index (χ1v) is 11.5. The fourth-order valence-electron chi connectivity index (χ4n) is 5.39. The summed E-state index contributed by atoms with van der Waals surface area (Å²) in [6.07, 6.45) is 6.65. The lowest BCUT2D eigenvalue weighted by Crippen LogP contribution is -2.28. The van der Waals surface area contributed by atoms with E-state index >= 15 is 0 Å². The van der Waals surface area contributed by atoms with Crippen LogP contribution < -0.4 is 4.74 Å². The average Bonchev–Trinajstić information content (AvgIpc) is 3.52. The third-order valence-electron chi connectivity index (χ3n) is 6.99. The van der Waals surface area contributed by atoms with Gasteiger partial charge in [-0.15, -0.1) is 0 Å². The minimum absolute atomic E-state index is 0.160. The quantitative estimate of drug-likeness (QED) is 0.300. The van der Waals surface area contributed by atoms with Crippen molar-refractivity contribution >= 4 is 40.4 Å². The first kappa shape index (κ1) is 20.2. The zero-order valence-corrected chi connectivity index (χ0v) is 18.5. The molecular formula is C27H21ClN2O3. The van der Waals surface area contributed by atoms with Crippen molar-refractivity contribution in [2.75, 3.05) is 0 Å². The fourth-order valence-corrected chi connectivity index (χ4v) is 5.52. The number of allylic oxidation sites excluding steroid dienone is 2. The molecule has 0 unspecified atom stereocenters. The summed E-state index contributed by atoms with van der Waals surface area (Å²) in [5.41, 5.74) is 1.72. The Kier molecular flexibility index (Phi) is 4.80. The highest BCUT2D eigenvalue weighted by Gasteiger charge is 2.59. The van der Waals surface area contributed by atoms with Crippen molar-refractivity contribution in [2.45, 2.75) is 13.0 Å². The number of fused-ring (bicyclic) bond motifs is 6. The van der Waals surface area contributed by atoms with E-state index in [1.807, 2.05) is 60.7 Å². The van der Waals surface area contributed by atoms with Crippen LogP contribution in [-0.4, -0.2) is 23.0 Å². The van der Waals surface area contributed by atoms with Gasteiger partial charge in [0.25, 0.3) is 11.8 Å². The summed E-state index contributed by atoms with van der Waals surface area (Å²) < 4.78 is 6.13. The Balaban J connectivity index is 1.32. The van der Waals surface area contributed by atoms with E-state index in [1.54, 1.807) is 6.21 Å². The smallest absolute Gasteiger partial charge is 0.254 e. The van der Waals surface area contributed by atoms with Crippen LogP contribution in [0.5, 0.6) is 5.75 Å². The Morgan fingerprint density at radius 1 is 0.939 bits per heavy atom. The lowest BCUT2D eigenvalue weighted by molar-refractivity contribution is -0.140. The number of hydrazone groups is 1. The van der Waals surface area contributed by atoms with Gasteiger partial charge in [0, 0.05) is 10.6 Å². The van der Waals surface area contributed by atoms with E-state index in [0.717, 1.165) is 33.3 Å². The summed E-state index contributed by atoms with van der Waals surface area (Å²) in [4.78, 5) is 26.0. The van der Waals surface area contributed by atoms with Crippen molar-refractivity contribution < 1.29 is 14.3 Å². The molecule has 5 nitrogen and oxygen atoms in total. The SMILES string of the molecule is O=C1[C@@H]2[C@H](C(=O)N1/N=C\c1c(OCc3ccc(Cl)cc3)ccc3ccccc13)[C@H]1C=C[C@@H]2C1. The standard InChI is InChI=1S/C27H21ClN2O3/c28-20-10-5-16(6-11-20)15-33-23-12-9-17-3-1-2-4-21(17)22(23)14-29-30-26(31)24-18-7-8-19(13-18)25(24)27(30)32/h1-12,14,18-19,24-25H,13,15H2/b29-14-/t18-,19+,24+,25-. The topological polar surface area (TPSA) is 59.0 Å². The largest absolute Gasteiger partial charge is 0.488 e. The van der Waals surface area contributed by atoms with Crippen LogP contribution in [0.1, 0.15) is 17.5 Å². The summed E-state index contributed by atoms with van der Waals surface area (Å²) >= 11 is 5.98. The van der Waals surface area contributed by atoms with Crippen molar-refractivity contribution in [3.05, 3.63) is 89.0 Å². The van der Waals surface area contributed by atoms with Gasteiger partial charge in [0.05, 0.1) is 18.1 Å². The first-order chi connectivity index (χ1) is 16.1. The molecule has 3 aliphatic rings. The van der Waals surface area contributed by atoms with Crippen molar-refractivity contribution in [1.29, 1.82) is 0 Å². The Bertz CT molecular complexity index is 1300. The third kappa shape index (κ3) is 3.35. The molecule has 2 aliphatic carbocycles. The minimum atomic E-state index is -0.266. The summed E-state index contributed by atoms with van der Waals surface area (Å²) in [6, 6.07) is 19.3. The van der Waals surface area contributed by atoms with Gasteiger partial charge in [-0.1, -0.05) is 66.2 Å². The molecule has 0 spiro atoms. The van der Waals surface area contributed by atoms with Crippen LogP contribution >= 0.6 is 11.6 Å². The molecule has 1 saturated heterocycles. The van der Waals surface area contributed by atoms with Crippen LogP contribution in [0.2, 0.25) is 5.02 Å². The van der Waals surface area contributed by atoms with Gasteiger partial charge in [-0.05, 0) is 52.8 Å². The molecule has 3 aromatic carbocycles. The van der Waals surface area contributed by atoms with Gasteiger partial charge in [0.2, 0.25) is 0 Å². The van der Waals surface area contributed by atoms with Crippen LogP contribution in [0.25, 0.3) is 10.8 Å². The normalized spacial score (nSPS) is 25.5. The van der Waals surface area contributed by atoms with Crippen LogP contribution in [0.4, 0.5) is 0 Å². The average molecular weight is 457 g/mol. The van der Waals surface area contributed by atoms with Crippen molar-refractivity contribution in [1.82, 2.24) is 5.01 Å². The van der Waals surface area contributed by atoms with Crippen molar-refractivity contribution in [3.8, 4) is 5.75 Å². The number of hydrogen-bond acceptors (Lipinski definition) is 4. The van der Waals surface area contributed by atoms with E-state index in [9.17, 15) is 9.59 Å².